The highest BCUT2D eigenvalue weighted by Crippen LogP contribution is 2.36. The van der Waals surface area contributed by atoms with E-state index in [0.717, 1.165) is 6.07 Å². The number of benzene rings is 1. The molecule has 12 heteroatoms. The van der Waals surface area contributed by atoms with Gasteiger partial charge in [-0.2, -0.15) is 0 Å². The first-order valence-electron chi connectivity index (χ1n) is 10.9. The Bertz CT molecular complexity index is 1180. The van der Waals surface area contributed by atoms with E-state index in [1.165, 1.54) is 30.7 Å². The lowest BCUT2D eigenvalue weighted by atomic mass is 9.94. The molecule has 1 aromatic heterocycles. The van der Waals surface area contributed by atoms with E-state index < -0.39 is 29.8 Å². The SMILES string of the molecule is CCOC(=O)C1=C(CN2CCOCC2C(=O)O)NC(c2cnccn2)=NC1c1ccc(F)cc1Cl. The van der Waals surface area contributed by atoms with E-state index in [4.69, 9.17) is 21.1 Å². The molecular formula is C23H23ClFN5O5. The molecule has 0 bridgehead atoms. The van der Waals surface area contributed by atoms with Gasteiger partial charge in [0.15, 0.2) is 5.84 Å². The molecule has 1 aromatic carbocycles. The lowest BCUT2D eigenvalue weighted by Crippen LogP contribution is -2.52. The zero-order valence-corrected chi connectivity index (χ0v) is 19.5. The van der Waals surface area contributed by atoms with Crippen LogP contribution in [0.25, 0.3) is 0 Å². The molecule has 0 amide bonds. The van der Waals surface area contributed by atoms with Gasteiger partial charge in [0.25, 0.3) is 0 Å². The van der Waals surface area contributed by atoms with Crippen molar-refractivity contribution in [1.82, 2.24) is 20.2 Å². The number of carboxylic acids is 1. The minimum absolute atomic E-state index is 0.00960. The minimum atomic E-state index is -1.04. The quantitative estimate of drug-likeness (QED) is 0.545. The number of aromatic nitrogens is 2. The number of rotatable bonds is 7. The summed E-state index contributed by atoms with van der Waals surface area (Å²) in [6.45, 7) is 2.52. The lowest BCUT2D eigenvalue weighted by molar-refractivity contribution is -0.149. The van der Waals surface area contributed by atoms with Crippen molar-refractivity contribution < 1.29 is 28.6 Å². The Morgan fingerprint density at radius 2 is 2.20 bits per heavy atom. The number of morpholine rings is 1. The Balaban J connectivity index is 1.85. The van der Waals surface area contributed by atoms with Crippen molar-refractivity contribution in [3.05, 3.63) is 70.2 Å². The zero-order chi connectivity index (χ0) is 24.9. The van der Waals surface area contributed by atoms with Gasteiger partial charge in [0.1, 0.15) is 23.6 Å². The number of amidine groups is 1. The number of nitrogens with zero attached hydrogens (tertiary/aromatic N) is 4. The second kappa shape index (κ2) is 10.9. The number of carbonyl (C=O) groups excluding carboxylic acids is 1. The average Bonchev–Trinajstić information content (AvgIpc) is 2.84. The number of hydrogen-bond acceptors (Lipinski definition) is 9. The predicted octanol–water partition coefficient (Wildman–Crippen LogP) is 1.96. The standard InChI is InChI=1S/C23H23ClFN5O5/c1-2-35-23(33)19-17(11-30-7-8-34-12-18(30)22(31)32)28-21(16-10-26-5-6-27-16)29-20(19)14-4-3-13(25)9-15(14)24/h3-6,9-10,18,20H,2,7-8,11-12H2,1H3,(H,28,29)(H,31,32). The van der Waals surface area contributed by atoms with Crippen LogP contribution in [-0.4, -0.2) is 76.7 Å². The van der Waals surface area contributed by atoms with Crippen LogP contribution in [0.15, 0.2) is 53.1 Å². The molecule has 4 rings (SSSR count). The van der Waals surface area contributed by atoms with Crippen LogP contribution in [-0.2, 0) is 19.1 Å². The maximum atomic E-state index is 13.8. The van der Waals surface area contributed by atoms with E-state index in [9.17, 15) is 19.1 Å². The van der Waals surface area contributed by atoms with Crippen molar-refractivity contribution >= 4 is 29.4 Å². The summed E-state index contributed by atoms with van der Waals surface area (Å²) in [6.07, 6.45) is 4.50. The molecule has 10 nitrogen and oxygen atoms in total. The Labute approximate surface area is 205 Å². The average molecular weight is 504 g/mol. The maximum Gasteiger partial charge on any atom is 0.338 e. The van der Waals surface area contributed by atoms with Crippen LogP contribution < -0.4 is 5.32 Å². The molecule has 3 heterocycles. The van der Waals surface area contributed by atoms with Gasteiger partial charge in [-0.3, -0.25) is 19.7 Å². The Kier molecular flexibility index (Phi) is 7.69. The number of halogens is 2. The zero-order valence-electron chi connectivity index (χ0n) is 18.8. The van der Waals surface area contributed by atoms with Crippen molar-refractivity contribution in [3.8, 4) is 0 Å². The van der Waals surface area contributed by atoms with Gasteiger partial charge >= 0.3 is 11.9 Å². The van der Waals surface area contributed by atoms with Crippen molar-refractivity contribution in [2.24, 2.45) is 4.99 Å². The van der Waals surface area contributed by atoms with Gasteiger partial charge in [-0.1, -0.05) is 17.7 Å². The van der Waals surface area contributed by atoms with Crippen LogP contribution in [0.3, 0.4) is 0 Å². The smallest absolute Gasteiger partial charge is 0.338 e. The molecule has 2 N–H and O–H groups in total. The first-order valence-corrected chi connectivity index (χ1v) is 11.3. The molecule has 0 saturated carbocycles. The second-order valence-corrected chi connectivity index (χ2v) is 8.18. The summed E-state index contributed by atoms with van der Waals surface area (Å²) < 4.78 is 24.5. The highest BCUT2D eigenvalue weighted by Gasteiger charge is 2.37. The van der Waals surface area contributed by atoms with Crippen LogP contribution in [0.2, 0.25) is 5.02 Å². The summed E-state index contributed by atoms with van der Waals surface area (Å²) in [4.78, 5) is 39.7. The number of carboxylic acid groups (broad SMARTS) is 1. The fourth-order valence-corrected chi connectivity index (χ4v) is 4.20. The first-order chi connectivity index (χ1) is 16.9. The number of hydrogen-bond donors (Lipinski definition) is 2. The predicted molar refractivity (Wildman–Crippen MR) is 123 cm³/mol. The second-order valence-electron chi connectivity index (χ2n) is 7.77. The Morgan fingerprint density at radius 3 is 2.89 bits per heavy atom. The first kappa shape index (κ1) is 24.7. The summed E-state index contributed by atoms with van der Waals surface area (Å²) in [5.74, 6) is -1.93. The number of aliphatic carboxylic acids is 1. The van der Waals surface area contributed by atoms with Crippen molar-refractivity contribution in [2.45, 2.75) is 19.0 Å². The maximum absolute atomic E-state index is 13.8. The van der Waals surface area contributed by atoms with Crippen molar-refractivity contribution in [2.75, 3.05) is 32.9 Å². The number of esters is 1. The summed E-state index contributed by atoms with van der Waals surface area (Å²) in [5.41, 5.74) is 1.29. The molecule has 2 unspecified atom stereocenters. The van der Waals surface area contributed by atoms with E-state index in [2.05, 4.69) is 20.3 Å². The third-order valence-corrected chi connectivity index (χ3v) is 5.90. The van der Waals surface area contributed by atoms with Crippen LogP contribution in [0.1, 0.15) is 24.2 Å². The number of nitrogens with one attached hydrogen (secondary N) is 1. The summed E-state index contributed by atoms with van der Waals surface area (Å²) in [6, 6.07) is 1.96. The van der Waals surface area contributed by atoms with E-state index in [1.807, 2.05) is 0 Å². The molecule has 2 aromatic rings. The van der Waals surface area contributed by atoms with Crippen LogP contribution in [0.5, 0.6) is 0 Å². The van der Waals surface area contributed by atoms with E-state index in [0.29, 0.717) is 35.9 Å². The molecule has 184 valence electrons. The van der Waals surface area contributed by atoms with Crippen molar-refractivity contribution in [3.63, 3.8) is 0 Å². The molecule has 2 aliphatic heterocycles. The molecule has 1 saturated heterocycles. The number of aliphatic imine (C=N–C) groups is 1. The van der Waals surface area contributed by atoms with Gasteiger partial charge in [0.2, 0.25) is 0 Å². The highest BCUT2D eigenvalue weighted by atomic mass is 35.5. The van der Waals surface area contributed by atoms with E-state index in [-0.39, 0.29) is 30.4 Å². The monoisotopic (exact) mass is 503 g/mol. The van der Waals surface area contributed by atoms with Crippen LogP contribution in [0, 0.1) is 5.82 Å². The third kappa shape index (κ3) is 5.47. The third-order valence-electron chi connectivity index (χ3n) is 5.57. The number of carbonyl (C=O) groups is 2. The summed E-state index contributed by atoms with van der Waals surface area (Å²) in [5, 5.41) is 12.9. The Morgan fingerprint density at radius 1 is 1.37 bits per heavy atom. The fourth-order valence-electron chi connectivity index (χ4n) is 3.93. The molecule has 0 aliphatic carbocycles. The molecule has 0 radical (unpaired) electrons. The van der Waals surface area contributed by atoms with E-state index >= 15 is 0 Å². The van der Waals surface area contributed by atoms with Gasteiger partial charge < -0.3 is 19.9 Å². The van der Waals surface area contributed by atoms with Gasteiger partial charge in [0, 0.05) is 41.8 Å². The fraction of sp³-hybridized carbons (Fsp3) is 0.348. The Hall–Kier alpha value is -3.41. The minimum Gasteiger partial charge on any atom is -0.480 e. The molecule has 35 heavy (non-hydrogen) atoms. The molecule has 2 aliphatic rings. The van der Waals surface area contributed by atoms with Gasteiger partial charge in [0.05, 0.1) is 31.6 Å². The van der Waals surface area contributed by atoms with Gasteiger partial charge in [-0.15, -0.1) is 0 Å². The summed E-state index contributed by atoms with van der Waals surface area (Å²) in [7, 11) is 0. The molecule has 1 fully saturated rings. The van der Waals surface area contributed by atoms with E-state index in [1.54, 1.807) is 11.8 Å². The van der Waals surface area contributed by atoms with Gasteiger partial charge in [-0.25, -0.2) is 14.2 Å². The molecular weight excluding hydrogens is 481 g/mol. The topological polar surface area (TPSA) is 126 Å². The normalized spacial score (nSPS) is 20.7. The van der Waals surface area contributed by atoms with Crippen molar-refractivity contribution in [1.29, 1.82) is 0 Å². The molecule has 2 atom stereocenters. The lowest BCUT2D eigenvalue weighted by Gasteiger charge is -2.35. The summed E-state index contributed by atoms with van der Waals surface area (Å²) >= 11 is 6.37. The largest absolute Gasteiger partial charge is 0.480 e. The van der Waals surface area contributed by atoms with Crippen LogP contribution in [0.4, 0.5) is 4.39 Å². The highest BCUT2D eigenvalue weighted by molar-refractivity contribution is 6.31. The molecule has 0 spiro atoms. The van der Waals surface area contributed by atoms with Gasteiger partial charge in [-0.05, 0) is 19.1 Å². The number of ether oxygens (including phenoxy) is 2. The van der Waals surface area contributed by atoms with Crippen LogP contribution >= 0.6 is 11.6 Å².